The van der Waals surface area contributed by atoms with E-state index in [1.165, 1.54) is 0 Å². The number of rotatable bonds is 0. The Hall–Kier alpha value is -0.410. The van der Waals surface area contributed by atoms with Crippen LogP contribution in [0.1, 0.15) is 0 Å². The van der Waals surface area contributed by atoms with Crippen LogP contribution in [0.25, 0.3) is 10.9 Å². The van der Waals surface area contributed by atoms with Crippen LogP contribution in [-0.4, -0.2) is 4.98 Å². The summed E-state index contributed by atoms with van der Waals surface area (Å²) in [5.41, 5.74) is 1.01. The molecular formula is C9H5Br2N. The molecule has 2 aromatic rings. The molecule has 0 aliphatic carbocycles. The molecule has 0 atom stereocenters. The lowest BCUT2D eigenvalue weighted by Crippen LogP contribution is -1.78. The van der Waals surface area contributed by atoms with E-state index >= 15 is 0 Å². The van der Waals surface area contributed by atoms with Crippen molar-refractivity contribution in [2.75, 3.05) is 0 Å². The Balaban J connectivity index is 2.91. The molecule has 0 saturated carbocycles. The first-order valence-corrected chi connectivity index (χ1v) is 5.06. The van der Waals surface area contributed by atoms with Gasteiger partial charge >= 0.3 is 0 Å². The van der Waals surface area contributed by atoms with Crippen LogP contribution in [0, 0.1) is 0 Å². The van der Waals surface area contributed by atoms with Crippen molar-refractivity contribution in [2.24, 2.45) is 0 Å². The molecule has 0 aliphatic heterocycles. The highest BCUT2D eigenvalue weighted by Crippen LogP contribution is 2.29. The quantitative estimate of drug-likeness (QED) is 0.719. The topological polar surface area (TPSA) is 12.9 Å². The van der Waals surface area contributed by atoms with Crippen LogP contribution < -0.4 is 0 Å². The van der Waals surface area contributed by atoms with E-state index in [1.54, 1.807) is 6.20 Å². The van der Waals surface area contributed by atoms with Gasteiger partial charge in [0.25, 0.3) is 0 Å². The summed E-state index contributed by atoms with van der Waals surface area (Å²) in [7, 11) is 0. The molecule has 1 aromatic heterocycles. The third kappa shape index (κ3) is 1.27. The van der Waals surface area contributed by atoms with Crippen LogP contribution in [0.15, 0.2) is 39.4 Å². The zero-order valence-electron chi connectivity index (χ0n) is 6.09. The van der Waals surface area contributed by atoms with Gasteiger partial charge in [-0.1, -0.05) is 6.07 Å². The summed E-state index contributed by atoms with van der Waals surface area (Å²) in [5, 5.41) is 1.13. The smallest absolute Gasteiger partial charge is 0.0714 e. The van der Waals surface area contributed by atoms with E-state index in [1.807, 2.05) is 24.3 Å². The molecule has 0 saturated heterocycles. The van der Waals surface area contributed by atoms with Crippen LogP contribution >= 0.6 is 31.9 Å². The van der Waals surface area contributed by atoms with Crippen LogP contribution in [0.4, 0.5) is 0 Å². The Kier molecular flexibility index (Phi) is 2.15. The fourth-order valence-electron chi connectivity index (χ4n) is 1.09. The first kappa shape index (κ1) is 8.20. The summed E-state index contributed by atoms with van der Waals surface area (Å²) >= 11 is 6.94. The van der Waals surface area contributed by atoms with Gasteiger partial charge in [-0.3, -0.25) is 4.98 Å². The number of fused-ring (bicyclic) bond motifs is 1. The summed E-state index contributed by atoms with van der Waals surface area (Å²) in [4.78, 5) is 4.23. The van der Waals surface area contributed by atoms with Gasteiger partial charge in [-0.05, 0) is 50.1 Å². The highest BCUT2D eigenvalue weighted by molar-refractivity contribution is 9.13. The summed E-state index contributed by atoms with van der Waals surface area (Å²) in [6, 6.07) is 7.94. The zero-order valence-corrected chi connectivity index (χ0v) is 9.26. The summed E-state index contributed by atoms with van der Waals surface area (Å²) in [6.07, 6.45) is 1.79. The molecule has 1 nitrogen and oxygen atoms in total. The van der Waals surface area contributed by atoms with Crippen LogP contribution in [0.3, 0.4) is 0 Å². The van der Waals surface area contributed by atoms with Gasteiger partial charge in [0, 0.05) is 20.5 Å². The van der Waals surface area contributed by atoms with Crippen molar-refractivity contribution in [3.8, 4) is 0 Å². The lowest BCUT2D eigenvalue weighted by Gasteiger charge is -2.00. The minimum Gasteiger partial charge on any atom is -0.256 e. The largest absolute Gasteiger partial charge is 0.256 e. The number of hydrogen-bond acceptors (Lipinski definition) is 1. The average Bonchev–Trinajstić information content (AvgIpc) is 2.12. The van der Waals surface area contributed by atoms with E-state index in [9.17, 15) is 0 Å². The van der Waals surface area contributed by atoms with Gasteiger partial charge in [0.15, 0.2) is 0 Å². The molecule has 0 bridgehead atoms. The van der Waals surface area contributed by atoms with Gasteiger partial charge in [-0.15, -0.1) is 0 Å². The number of pyridine rings is 1. The second-order valence-electron chi connectivity index (χ2n) is 2.43. The van der Waals surface area contributed by atoms with Gasteiger partial charge in [0.05, 0.1) is 5.52 Å². The van der Waals surface area contributed by atoms with E-state index in [2.05, 4.69) is 36.8 Å². The van der Waals surface area contributed by atoms with Crippen molar-refractivity contribution in [1.29, 1.82) is 0 Å². The van der Waals surface area contributed by atoms with E-state index < -0.39 is 0 Å². The molecule has 0 N–H and O–H groups in total. The maximum absolute atomic E-state index is 4.23. The minimum atomic E-state index is 1.01. The Bertz CT molecular complexity index is 426. The standard InChI is InChI=1S/C9H5Br2N/c10-7-3-4-8-6(9(7)11)2-1-5-12-8/h1-5H. The Morgan fingerprint density at radius 2 is 1.92 bits per heavy atom. The molecular weight excluding hydrogens is 282 g/mol. The van der Waals surface area contributed by atoms with E-state index in [-0.39, 0.29) is 0 Å². The van der Waals surface area contributed by atoms with Crippen molar-refractivity contribution < 1.29 is 0 Å². The number of hydrogen-bond donors (Lipinski definition) is 0. The molecule has 0 aliphatic rings. The maximum atomic E-state index is 4.23. The van der Waals surface area contributed by atoms with Crippen molar-refractivity contribution in [2.45, 2.75) is 0 Å². The highest BCUT2D eigenvalue weighted by Gasteiger charge is 2.01. The molecule has 1 heterocycles. The van der Waals surface area contributed by atoms with Crippen molar-refractivity contribution in [3.05, 3.63) is 39.4 Å². The Labute approximate surface area is 87.1 Å². The molecule has 0 unspecified atom stereocenters. The fraction of sp³-hybridized carbons (Fsp3) is 0. The van der Waals surface area contributed by atoms with E-state index in [4.69, 9.17) is 0 Å². The number of nitrogens with zero attached hydrogens (tertiary/aromatic N) is 1. The number of aromatic nitrogens is 1. The maximum Gasteiger partial charge on any atom is 0.0714 e. The third-order valence-electron chi connectivity index (χ3n) is 1.67. The normalized spacial score (nSPS) is 10.5. The number of halogens is 2. The Morgan fingerprint density at radius 1 is 1.08 bits per heavy atom. The van der Waals surface area contributed by atoms with Crippen LogP contribution in [0.5, 0.6) is 0 Å². The van der Waals surface area contributed by atoms with Gasteiger partial charge in [0.1, 0.15) is 0 Å². The number of benzene rings is 1. The summed E-state index contributed by atoms with van der Waals surface area (Å²) in [6.45, 7) is 0. The highest BCUT2D eigenvalue weighted by atomic mass is 79.9. The molecule has 60 valence electrons. The predicted molar refractivity (Wildman–Crippen MR) is 57.1 cm³/mol. The van der Waals surface area contributed by atoms with Crippen molar-refractivity contribution in [1.82, 2.24) is 4.98 Å². The third-order valence-corrected chi connectivity index (χ3v) is 3.72. The second kappa shape index (κ2) is 3.15. The average molecular weight is 287 g/mol. The Morgan fingerprint density at radius 3 is 2.75 bits per heavy atom. The van der Waals surface area contributed by atoms with Crippen LogP contribution in [-0.2, 0) is 0 Å². The van der Waals surface area contributed by atoms with Gasteiger partial charge in [-0.25, -0.2) is 0 Å². The van der Waals surface area contributed by atoms with E-state index in [0.717, 1.165) is 19.8 Å². The summed E-state index contributed by atoms with van der Waals surface area (Å²) in [5.74, 6) is 0. The predicted octanol–water partition coefficient (Wildman–Crippen LogP) is 3.76. The van der Waals surface area contributed by atoms with Gasteiger partial charge in [0.2, 0.25) is 0 Å². The molecule has 1 aromatic carbocycles. The molecule has 2 rings (SSSR count). The minimum absolute atomic E-state index is 1.01. The van der Waals surface area contributed by atoms with Gasteiger partial charge < -0.3 is 0 Å². The van der Waals surface area contributed by atoms with Crippen LogP contribution in [0.2, 0.25) is 0 Å². The lowest BCUT2D eigenvalue weighted by molar-refractivity contribution is 1.40. The molecule has 3 heteroatoms. The molecule has 0 amide bonds. The summed E-state index contributed by atoms with van der Waals surface area (Å²) < 4.78 is 2.12. The molecule has 12 heavy (non-hydrogen) atoms. The lowest BCUT2D eigenvalue weighted by atomic mass is 10.2. The molecule has 0 radical (unpaired) electrons. The van der Waals surface area contributed by atoms with Crippen molar-refractivity contribution in [3.63, 3.8) is 0 Å². The first-order chi connectivity index (χ1) is 5.79. The van der Waals surface area contributed by atoms with E-state index in [0.29, 0.717) is 0 Å². The second-order valence-corrected chi connectivity index (χ2v) is 4.08. The fourth-order valence-corrected chi connectivity index (χ4v) is 1.90. The molecule has 0 spiro atoms. The SMILES string of the molecule is Brc1ccc2ncccc2c1Br. The molecule has 0 fully saturated rings. The first-order valence-electron chi connectivity index (χ1n) is 3.48. The van der Waals surface area contributed by atoms with Crippen molar-refractivity contribution >= 4 is 42.8 Å². The zero-order chi connectivity index (χ0) is 8.55. The van der Waals surface area contributed by atoms with Gasteiger partial charge in [-0.2, -0.15) is 0 Å². The monoisotopic (exact) mass is 285 g/mol.